The first kappa shape index (κ1) is 17.5. The minimum Gasteiger partial charge on any atom is -0.359 e. The van der Waals surface area contributed by atoms with Crippen LogP contribution in [0.3, 0.4) is 0 Å². The molecule has 0 bridgehead atoms. The zero-order valence-corrected chi connectivity index (χ0v) is 18.4. The van der Waals surface area contributed by atoms with Crippen LogP contribution in [0.5, 0.6) is 0 Å². The first-order valence-corrected chi connectivity index (χ1v) is 11.6. The molecule has 0 saturated carbocycles. The monoisotopic (exact) mass is 478 g/mol. The number of hydrogen-bond acceptors (Lipinski definition) is 1. The Morgan fingerprint density at radius 2 is 1.62 bits per heavy atom. The highest BCUT2D eigenvalue weighted by Crippen LogP contribution is 2.44. The fourth-order valence-electron chi connectivity index (χ4n) is 4.18. The lowest BCUT2D eigenvalue weighted by molar-refractivity contribution is 0.770. The number of fused-ring (bicyclic) bond motifs is 1. The van der Waals surface area contributed by atoms with Gasteiger partial charge >= 0.3 is 0 Å². The molecule has 0 radical (unpaired) electrons. The molecule has 2 aromatic rings. The fraction of sp³-hybridized carbons (Fsp3) is 0.562. The lowest BCUT2D eigenvalue weighted by Gasteiger charge is -2.44. The van der Waals surface area contributed by atoms with E-state index in [4.69, 9.17) is 4.98 Å². The highest BCUT2D eigenvalue weighted by atomic mass is 127. The van der Waals surface area contributed by atoms with Crippen molar-refractivity contribution in [2.24, 2.45) is 0 Å². The predicted octanol–water partition coefficient (Wildman–Crippen LogP) is 6.43. The van der Waals surface area contributed by atoms with Crippen LogP contribution in [0.1, 0.15) is 41.5 Å². The van der Waals surface area contributed by atoms with E-state index in [1.165, 1.54) is 8.96 Å². The number of halogens is 2. The van der Waals surface area contributed by atoms with E-state index in [9.17, 15) is 0 Å². The molecular weight excluding hydrogens is 455 g/mol. The normalized spacial score (nSPS) is 13.1. The second-order valence-electron chi connectivity index (χ2n) is 6.69. The van der Waals surface area contributed by atoms with Crippen molar-refractivity contribution in [3.63, 3.8) is 0 Å². The average molecular weight is 479 g/mol. The number of pyridine rings is 1. The minimum atomic E-state index is -1.72. The van der Waals surface area contributed by atoms with Gasteiger partial charge in [0.2, 0.25) is 0 Å². The van der Waals surface area contributed by atoms with Gasteiger partial charge in [0.05, 0.1) is 0 Å². The van der Waals surface area contributed by atoms with Crippen molar-refractivity contribution in [2.45, 2.75) is 58.2 Å². The van der Waals surface area contributed by atoms with Gasteiger partial charge in [0.1, 0.15) is 5.65 Å². The Morgan fingerprint density at radius 1 is 1.10 bits per heavy atom. The van der Waals surface area contributed by atoms with Crippen LogP contribution in [-0.4, -0.2) is 17.5 Å². The molecule has 0 atom stereocenters. The van der Waals surface area contributed by atoms with Crippen LogP contribution in [-0.2, 0) is 0 Å². The largest absolute Gasteiger partial charge is 0.359 e. The highest BCUT2D eigenvalue weighted by Gasteiger charge is 2.46. The molecule has 2 heterocycles. The second kappa shape index (κ2) is 6.32. The maximum atomic E-state index is 4.76. The second-order valence-corrected chi connectivity index (χ2v) is 14.3. The van der Waals surface area contributed by atoms with Gasteiger partial charge in [-0.25, -0.2) is 4.98 Å². The molecule has 2 rings (SSSR count). The predicted molar refractivity (Wildman–Crippen MR) is 107 cm³/mol. The Morgan fingerprint density at radius 3 is 2.10 bits per heavy atom. The van der Waals surface area contributed by atoms with E-state index in [0.717, 1.165) is 10.1 Å². The fourth-order valence-corrected chi connectivity index (χ4v) is 11.6. The lowest BCUT2D eigenvalue weighted by atomic mass is 10.3. The summed E-state index contributed by atoms with van der Waals surface area (Å²) in [5.41, 5.74) is 3.19. The van der Waals surface area contributed by atoms with Gasteiger partial charge in [-0.1, -0.05) is 41.5 Å². The zero-order chi connectivity index (χ0) is 15.9. The summed E-state index contributed by atoms with van der Waals surface area (Å²) in [6.07, 6.45) is 4.24. The molecule has 0 spiro atoms. The van der Waals surface area contributed by atoms with Gasteiger partial charge in [-0.3, -0.25) is 0 Å². The Bertz CT molecular complexity index is 627. The summed E-state index contributed by atoms with van der Waals surface area (Å²) in [5, 5.41) is 1.27. The molecule has 0 amide bonds. The standard InChI is InChI=1S/C16H24BrIN2Si/c1-10(2)21(11(3)4,12(5)6)20-8-7-13-15(18)14(17)9-19-16(13)20/h7-12H,1-6H3. The van der Waals surface area contributed by atoms with Crippen LogP contribution in [0.2, 0.25) is 16.6 Å². The Balaban J connectivity index is 2.81. The summed E-state index contributed by atoms with van der Waals surface area (Å²) in [7, 11) is -1.72. The lowest BCUT2D eigenvalue weighted by Crippen LogP contribution is -2.51. The zero-order valence-electron chi connectivity index (χ0n) is 13.6. The molecule has 0 saturated heterocycles. The Labute approximate surface area is 151 Å². The van der Waals surface area contributed by atoms with Crippen molar-refractivity contribution in [3.8, 4) is 0 Å². The maximum Gasteiger partial charge on any atom is 0.171 e. The van der Waals surface area contributed by atoms with Gasteiger partial charge in [0.25, 0.3) is 0 Å². The molecular formula is C16H24BrIN2Si. The van der Waals surface area contributed by atoms with Crippen LogP contribution < -0.4 is 0 Å². The van der Waals surface area contributed by atoms with Gasteiger partial charge < -0.3 is 4.23 Å². The first-order chi connectivity index (χ1) is 9.74. The molecule has 0 fully saturated rings. The van der Waals surface area contributed by atoms with E-state index >= 15 is 0 Å². The van der Waals surface area contributed by atoms with Crippen molar-refractivity contribution < 1.29 is 0 Å². The molecule has 0 N–H and O–H groups in total. The topological polar surface area (TPSA) is 17.8 Å². The average Bonchev–Trinajstić information content (AvgIpc) is 2.78. The number of rotatable bonds is 4. The molecule has 2 nitrogen and oxygen atoms in total. The molecule has 0 aliphatic heterocycles. The van der Waals surface area contributed by atoms with E-state index in [-0.39, 0.29) is 0 Å². The Kier molecular flexibility index (Phi) is 5.25. The first-order valence-electron chi connectivity index (χ1n) is 7.56. The molecule has 0 aliphatic rings. The third kappa shape index (κ3) is 2.63. The number of aromatic nitrogens is 2. The van der Waals surface area contributed by atoms with Crippen LogP contribution >= 0.6 is 38.5 Å². The summed E-state index contributed by atoms with van der Waals surface area (Å²) >= 11 is 6.01. The van der Waals surface area contributed by atoms with Crippen molar-refractivity contribution in [3.05, 3.63) is 26.5 Å². The van der Waals surface area contributed by atoms with E-state index in [0.29, 0.717) is 16.6 Å². The molecule has 5 heteroatoms. The van der Waals surface area contributed by atoms with Crippen molar-refractivity contribution in [2.75, 3.05) is 0 Å². The molecule has 2 aromatic heterocycles. The van der Waals surface area contributed by atoms with E-state index in [2.05, 4.69) is 96.6 Å². The summed E-state index contributed by atoms with van der Waals surface area (Å²) in [5.74, 6) is 0. The van der Waals surface area contributed by atoms with Gasteiger partial charge in [0.15, 0.2) is 8.24 Å². The highest BCUT2D eigenvalue weighted by molar-refractivity contribution is 14.1. The third-order valence-electron chi connectivity index (χ3n) is 4.80. The van der Waals surface area contributed by atoms with Gasteiger partial charge in [0, 0.05) is 19.6 Å². The van der Waals surface area contributed by atoms with Gasteiger partial charge in [-0.2, -0.15) is 0 Å². The maximum absolute atomic E-state index is 4.76. The van der Waals surface area contributed by atoms with Gasteiger partial charge in [-0.15, -0.1) is 0 Å². The minimum absolute atomic E-state index is 0.677. The molecule has 0 aromatic carbocycles. The SMILES string of the molecule is CC(C)[Si](C(C)C)(C(C)C)n1ccc2c(I)c(Br)cnc21. The third-order valence-corrected chi connectivity index (χ3v) is 14.0. The van der Waals surface area contributed by atoms with Crippen LogP contribution in [0.15, 0.2) is 22.9 Å². The van der Waals surface area contributed by atoms with Crippen LogP contribution in [0.4, 0.5) is 0 Å². The van der Waals surface area contributed by atoms with Crippen molar-refractivity contribution >= 4 is 57.8 Å². The quantitative estimate of drug-likeness (QED) is 0.365. The van der Waals surface area contributed by atoms with E-state index < -0.39 is 8.24 Å². The number of hydrogen-bond donors (Lipinski definition) is 0. The molecule has 0 unspecified atom stereocenters. The van der Waals surface area contributed by atoms with Crippen LogP contribution in [0.25, 0.3) is 11.0 Å². The van der Waals surface area contributed by atoms with Crippen LogP contribution in [0, 0.1) is 3.57 Å². The molecule has 0 aliphatic carbocycles. The number of nitrogens with zero attached hydrogens (tertiary/aromatic N) is 2. The van der Waals surface area contributed by atoms with E-state index in [1.807, 2.05) is 6.20 Å². The summed E-state index contributed by atoms with van der Waals surface area (Å²) in [4.78, 5) is 4.76. The summed E-state index contributed by atoms with van der Waals surface area (Å²) < 4.78 is 4.91. The molecule has 21 heavy (non-hydrogen) atoms. The van der Waals surface area contributed by atoms with E-state index in [1.54, 1.807) is 0 Å². The molecule has 116 valence electrons. The Hall–Kier alpha value is 0.117. The van der Waals surface area contributed by atoms with Crippen molar-refractivity contribution in [1.29, 1.82) is 0 Å². The van der Waals surface area contributed by atoms with Gasteiger partial charge in [-0.05, 0) is 67.4 Å². The summed E-state index contributed by atoms with van der Waals surface area (Å²) in [6, 6.07) is 2.24. The van der Waals surface area contributed by atoms with Crippen molar-refractivity contribution in [1.82, 2.24) is 9.22 Å². The smallest absolute Gasteiger partial charge is 0.171 e. The summed E-state index contributed by atoms with van der Waals surface area (Å²) in [6.45, 7) is 14.3.